The standard InChI is InChI=1S/C16H19NO2S/c1-4-14-6-8-15(9-7-14)17-20(18,19)16-10-5-12(2)13(3)11-16/h5-11,17H,4H2,1-3H3. The fourth-order valence-corrected chi connectivity index (χ4v) is 3.05. The molecule has 4 heteroatoms. The first-order valence-electron chi connectivity index (χ1n) is 6.61. The lowest BCUT2D eigenvalue weighted by molar-refractivity contribution is 0.601. The molecule has 0 heterocycles. The Hall–Kier alpha value is -1.81. The molecule has 0 aliphatic heterocycles. The maximum Gasteiger partial charge on any atom is 0.261 e. The van der Waals surface area contributed by atoms with Crippen LogP contribution in [-0.4, -0.2) is 8.42 Å². The third-order valence-electron chi connectivity index (χ3n) is 3.40. The Morgan fingerprint density at radius 1 is 0.950 bits per heavy atom. The molecular weight excluding hydrogens is 270 g/mol. The average Bonchev–Trinajstić information content (AvgIpc) is 2.42. The third kappa shape index (κ3) is 3.20. The molecule has 20 heavy (non-hydrogen) atoms. The molecule has 0 radical (unpaired) electrons. The molecule has 2 aromatic carbocycles. The van der Waals surface area contributed by atoms with E-state index in [-0.39, 0.29) is 0 Å². The van der Waals surface area contributed by atoms with Crippen molar-refractivity contribution in [3.63, 3.8) is 0 Å². The monoisotopic (exact) mass is 289 g/mol. The van der Waals surface area contributed by atoms with Crippen LogP contribution in [-0.2, 0) is 16.4 Å². The lowest BCUT2D eigenvalue weighted by atomic mass is 10.1. The van der Waals surface area contributed by atoms with Crippen LogP contribution in [0, 0.1) is 13.8 Å². The van der Waals surface area contributed by atoms with Gasteiger partial charge in [0.05, 0.1) is 4.90 Å². The van der Waals surface area contributed by atoms with Gasteiger partial charge in [-0.2, -0.15) is 0 Å². The van der Waals surface area contributed by atoms with Crippen molar-refractivity contribution < 1.29 is 8.42 Å². The summed E-state index contributed by atoms with van der Waals surface area (Å²) in [6.45, 7) is 5.93. The normalized spacial score (nSPS) is 11.3. The molecule has 0 saturated heterocycles. The summed E-state index contributed by atoms with van der Waals surface area (Å²) in [4.78, 5) is 0.292. The Balaban J connectivity index is 2.27. The minimum atomic E-state index is -3.52. The van der Waals surface area contributed by atoms with Crippen LogP contribution >= 0.6 is 0 Å². The van der Waals surface area contributed by atoms with Gasteiger partial charge >= 0.3 is 0 Å². The van der Waals surface area contributed by atoms with E-state index in [2.05, 4.69) is 11.6 Å². The van der Waals surface area contributed by atoms with Crippen LogP contribution in [0.15, 0.2) is 47.4 Å². The molecule has 0 aliphatic rings. The van der Waals surface area contributed by atoms with E-state index in [1.807, 2.05) is 32.0 Å². The number of nitrogens with one attached hydrogen (secondary N) is 1. The highest BCUT2D eigenvalue weighted by atomic mass is 32.2. The second kappa shape index (κ2) is 5.67. The molecule has 0 bridgehead atoms. The van der Waals surface area contributed by atoms with Gasteiger partial charge in [0.15, 0.2) is 0 Å². The third-order valence-corrected chi connectivity index (χ3v) is 4.78. The van der Waals surface area contributed by atoms with E-state index in [1.165, 1.54) is 5.56 Å². The number of sulfonamides is 1. The summed E-state index contributed by atoms with van der Waals surface area (Å²) in [6, 6.07) is 12.6. The van der Waals surface area contributed by atoms with E-state index in [1.54, 1.807) is 24.3 Å². The Morgan fingerprint density at radius 2 is 1.60 bits per heavy atom. The SMILES string of the molecule is CCc1ccc(NS(=O)(=O)c2ccc(C)c(C)c2)cc1. The Morgan fingerprint density at radius 3 is 2.15 bits per heavy atom. The van der Waals surface area contributed by atoms with Crippen molar-refractivity contribution in [1.29, 1.82) is 0 Å². The van der Waals surface area contributed by atoms with Crippen LogP contribution in [0.4, 0.5) is 5.69 Å². The molecule has 0 amide bonds. The molecular formula is C16H19NO2S. The number of rotatable bonds is 4. The molecule has 0 atom stereocenters. The van der Waals surface area contributed by atoms with Crippen LogP contribution in [0.3, 0.4) is 0 Å². The van der Waals surface area contributed by atoms with Crippen molar-refractivity contribution in [3.05, 3.63) is 59.2 Å². The largest absolute Gasteiger partial charge is 0.280 e. The topological polar surface area (TPSA) is 46.2 Å². The quantitative estimate of drug-likeness (QED) is 0.933. The van der Waals surface area contributed by atoms with Gasteiger partial charge in [0, 0.05) is 5.69 Å². The van der Waals surface area contributed by atoms with Crippen LogP contribution in [0.1, 0.15) is 23.6 Å². The lowest BCUT2D eigenvalue weighted by Gasteiger charge is -2.10. The van der Waals surface area contributed by atoms with E-state index in [4.69, 9.17) is 0 Å². The van der Waals surface area contributed by atoms with Crippen molar-refractivity contribution in [2.75, 3.05) is 4.72 Å². The summed E-state index contributed by atoms with van der Waals surface area (Å²) >= 11 is 0. The molecule has 3 nitrogen and oxygen atoms in total. The molecule has 0 spiro atoms. The fourth-order valence-electron chi connectivity index (χ4n) is 1.90. The fraction of sp³-hybridized carbons (Fsp3) is 0.250. The minimum absolute atomic E-state index is 0.292. The summed E-state index contributed by atoms with van der Waals surface area (Å²) in [5.74, 6) is 0. The van der Waals surface area contributed by atoms with Gasteiger partial charge in [-0.05, 0) is 61.2 Å². The molecule has 106 valence electrons. The maximum absolute atomic E-state index is 12.3. The highest BCUT2D eigenvalue weighted by Crippen LogP contribution is 2.19. The second-order valence-corrected chi connectivity index (χ2v) is 6.58. The van der Waals surface area contributed by atoms with Gasteiger partial charge in [-0.3, -0.25) is 4.72 Å². The summed E-state index contributed by atoms with van der Waals surface area (Å²) in [6.07, 6.45) is 0.935. The molecule has 2 rings (SSSR count). The average molecular weight is 289 g/mol. The highest BCUT2D eigenvalue weighted by molar-refractivity contribution is 7.92. The Bertz CT molecular complexity index is 704. The van der Waals surface area contributed by atoms with Gasteiger partial charge in [0.25, 0.3) is 10.0 Å². The summed E-state index contributed by atoms with van der Waals surface area (Å²) < 4.78 is 27.2. The van der Waals surface area contributed by atoms with Crippen molar-refractivity contribution in [2.45, 2.75) is 32.1 Å². The summed E-state index contributed by atoms with van der Waals surface area (Å²) in [5.41, 5.74) is 3.81. The van der Waals surface area contributed by atoms with Gasteiger partial charge in [0.2, 0.25) is 0 Å². The van der Waals surface area contributed by atoms with Crippen LogP contribution in [0.2, 0.25) is 0 Å². The molecule has 1 N–H and O–H groups in total. The Labute approximate surface area is 120 Å². The van der Waals surface area contributed by atoms with Crippen LogP contribution in [0.5, 0.6) is 0 Å². The first-order chi connectivity index (χ1) is 9.42. The molecule has 0 unspecified atom stereocenters. The van der Waals surface area contributed by atoms with Crippen molar-refractivity contribution in [3.8, 4) is 0 Å². The van der Waals surface area contributed by atoms with E-state index < -0.39 is 10.0 Å². The van der Waals surface area contributed by atoms with E-state index in [0.717, 1.165) is 17.5 Å². The van der Waals surface area contributed by atoms with Gasteiger partial charge in [-0.15, -0.1) is 0 Å². The van der Waals surface area contributed by atoms with Crippen molar-refractivity contribution in [1.82, 2.24) is 0 Å². The van der Waals surface area contributed by atoms with E-state index in [9.17, 15) is 8.42 Å². The van der Waals surface area contributed by atoms with Crippen molar-refractivity contribution >= 4 is 15.7 Å². The number of hydrogen-bond donors (Lipinski definition) is 1. The van der Waals surface area contributed by atoms with Crippen molar-refractivity contribution in [2.24, 2.45) is 0 Å². The van der Waals surface area contributed by atoms with Gasteiger partial charge in [-0.25, -0.2) is 8.42 Å². The van der Waals surface area contributed by atoms with Gasteiger partial charge in [0.1, 0.15) is 0 Å². The number of benzene rings is 2. The van der Waals surface area contributed by atoms with Crippen LogP contribution < -0.4 is 4.72 Å². The first-order valence-corrected chi connectivity index (χ1v) is 8.09. The molecule has 0 saturated carbocycles. The zero-order valence-corrected chi connectivity index (χ0v) is 12.8. The predicted octanol–water partition coefficient (Wildman–Crippen LogP) is 3.67. The lowest BCUT2D eigenvalue weighted by Crippen LogP contribution is -2.13. The zero-order chi connectivity index (χ0) is 14.8. The molecule has 0 aromatic heterocycles. The van der Waals surface area contributed by atoms with E-state index >= 15 is 0 Å². The number of hydrogen-bond acceptors (Lipinski definition) is 2. The first kappa shape index (κ1) is 14.6. The molecule has 2 aromatic rings. The second-order valence-electron chi connectivity index (χ2n) is 4.90. The number of aryl methyl sites for hydroxylation is 3. The highest BCUT2D eigenvalue weighted by Gasteiger charge is 2.14. The van der Waals surface area contributed by atoms with E-state index in [0.29, 0.717) is 10.6 Å². The minimum Gasteiger partial charge on any atom is -0.280 e. The molecule has 0 aliphatic carbocycles. The maximum atomic E-state index is 12.3. The summed E-state index contributed by atoms with van der Waals surface area (Å²) in [5, 5.41) is 0. The predicted molar refractivity (Wildman–Crippen MR) is 82.5 cm³/mol. The molecule has 0 fully saturated rings. The smallest absolute Gasteiger partial charge is 0.261 e. The number of anilines is 1. The summed E-state index contributed by atoms with van der Waals surface area (Å²) in [7, 11) is -3.52. The van der Waals surface area contributed by atoms with Gasteiger partial charge < -0.3 is 0 Å². The zero-order valence-electron chi connectivity index (χ0n) is 12.0. The van der Waals surface area contributed by atoms with Gasteiger partial charge in [-0.1, -0.05) is 25.1 Å². The Kier molecular flexibility index (Phi) is 4.14. The van der Waals surface area contributed by atoms with Crippen LogP contribution in [0.25, 0.3) is 0 Å².